The van der Waals surface area contributed by atoms with E-state index >= 15 is 0 Å². The fourth-order valence-corrected chi connectivity index (χ4v) is 3.49. The van der Waals surface area contributed by atoms with Gasteiger partial charge in [0, 0.05) is 22.8 Å². The van der Waals surface area contributed by atoms with Gasteiger partial charge in [0.05, 0.1) is 18.0 Å². The topological polar surface area (TPSA) is 93.3 Å². The summed E-state index contributed by atoms with van der Waals surface area (Å²) < 4.78 is 7.05. The van der Waals surface area contributed by atoms with Gasteiger partial charge in [-0.2, -0.15) is 0 Å². The molecule has 0 bridgehead atoms. The second-order valence-corrected chi connectivity index (χ2v) is 6.95. The van der Waals surface area contributed by atoms with E-state index in [0.717, 1.165) is 4.90 Å². The monoisotopic (exact) mass is 381 g/mol. The van der Waals surface area contributed by atoms with Crippen molar-refractivity contribution >= 4 is 35.0 Å². The molecule has 3 aromatic rings. The van der Waals surface area contributed by atoms with Gasteiger partial charge in [0.25, 0.3) is 11.5 Å². The number of amides is 2. The highest BCUT2D eigenvalue weighted by Crippen LogP contribution is 2.33. The maximum atomic E-state index is 12.4. The molecule has 2 aromatic heterocycles. The van der Waals surface area contributed by atoms with E-state index in [-0.39, 0.29) is 23.8 Å². The molecule has 3 heterocycles. The molecular weight excluding hydrogens is 366 g/mol. The van der Waals surface area contributed by atoms with Crippen LogP contribution in [0.2, 0.25) is 0 Å². The number of anilines is 2. The smallest absolute Gasteiger partial charge is 0.291 e. The summed E-state index contributed by atoms with van der Waals surface area (Å²) in [5.41, 5.74) is 1.09. The minimum atomic E-state index is -0.406. The minimum absolute atomic E-state index is 0.0668. The van der Waals surface area contributed by atoms with E-state index in [2.05, 4.69) is 10.6 Å². The number of pyridine rings is 1. The molecule has 1 aromatic carbocycles. The fraction of sp³-hybridized carbons (Fsp3) is 0.105. The molecule has 136 valence electrons. The summed E-state index contributed by atoms with van der Waals surface area (Å²) in [4.78, 5) is 36.6. The number of hydrogen-bond donors (Lipinski definition) is 2. The molecular formula is C19H15N3O4S. The first-order valence-electron chi connectivity index (χ1n) is 8.21. The number of fused-ring (bicyclic) bond motifs is 1. The van der Waals surface area contributed by atoms with Crippen LogP contribution in [-0.4, -0.2) is 22.1 Å². The second kappa shape index (κ2) is 7.16. The van der Waals surface area contributed by atoms with Crippen molar-refractivity contribution in [3.63, 3.8) is 0 Å². The molecule has 0 spiro atoms. The SMILES string of the molecule is O=C1CSc2ccc(NC(=O)c3ccc(Cn4ccccc4=O)o3)cc2N1. The number of nitrogens with one attached hydrogen (secondary N) is 2. The quantitative estimate of drug-likeness (QED) is 0.725. The van der Waals surface area contributed by atoms with Crippen LogP contribution in [0, 0.1) is 0 Å². The highest BCUT2D eigenvalue weighted by Gasteiger charge is 2.17. The lowest BCUT2D eigenvalue weighted by Crippen LogP contribution is -2.19. The highest BCUT2D eigenvalue weighted by atomic mass is 32.2. The average Bonchev–Trinajstić information content (AvgIpc) is 3.12. The molecule has 0 radical (unpaired) electrons. The standard InChI is InChI=1S/C19H15N3O4S/c23-17-11-27-16-7-4-12(9-14(16)21-17)20-19(25)15-6-5-13(26-15)10-22-8-2-1-3-18(22)24/h1-9H,10-11H2,(H,20,25)(H,21,23). The summed E-state index contributed by atoms with van der Waals surface area (Å²) in [6, 6.07) is 13.4. The van der Waals surface area contributed by atoms with Crippen molar-refractivity contribution in [1.82, 2.24) is 4.57 Å². The predicted octanol–water partition coefficient (Wildman–Crippen LogP) is 2.79. The highest BCUT2D eigenvalue weighted by molar-refractivity contribution is 8.00. The molecule has 0 unspecified atom stereocenters. The summed E-state index contributed by atoms with van der Waals surface area (Å²) in [6.45, 7) is 0.245. The third-order valence-electron chi connectivity index (χ3n) is 3.98. The Bertz CT molecular complexity index is 1090. The summed E-state index contributed by atoms with van der Waals surface area (Å²) >= 11 is 1.46. The summed E-state index contributed by atoms with van der Waals surface area (Å²) in [7, 11) is 0. The number of aromatic nitrogens is 1. The van der Waals surface area contributed by atoms with E-state index in [1.807, 2.05) is 6.07 Å². The maximum Gasteiger partial charge on any atom is 0.291 e. The van der Waals surface area contributed by atoms with E-state index in [4.69, 9.17) is 4.42 Å². The Morgan fingerprint density at radius 1 is 1.19 bits per heavy atom. The van der Waals surface area contributed by atoms with E-state index in [1.165, 1.54) is 22.4 Å². The van der Waals surface area contributed by atoms with Gasteiger partial charge in [-0.15, -0.1) is 11.8 Å². The van der Waals surface area contributed by atoms with Crippen molar-refractivity contribution in [3.8, 4) is 0 Å². The normalized spacial score (nSPS) is 13.0. The third kappa shape index (κ3) is 3.80. The van der Waals surface area contributed by atoms with E-state index in [1.54, 1.807) is 42.6 Å². The Kier molecular flexibility index (Phi) is 4.55. The van der Waals surface area contributed by atoms with Gasteiger partial charge in [0.2, 0.25) is 5.91 Å². The van der Waals surface area contributed by atoms with Crippen LogP contribution in [0.15, 0.2) is 68.8 Å². The van der Waals surface area contributed by atoms with Crippen molar-refractivity contribution in [1.29, 1.82) is 0 Å². The van der Waals surface area contributed by atoms with Crippen molar-refractivity contribution in [2.75, 3.05) is 16.4 Å². The van der Waals surface area contributed by atoms with Crippen LogP contribution in [0.25, 0.3) is 0 Å². The van der Waals surface area contributed by atoms with Crippen LogP contribution in [0.5, 0.6) is 0 Å². The van der Waals surface area contributed by atoms with Crippen LogP contribution in [0.1, 0.15) is 16.3 Å². The molecule has 4 rings (SSSR count). The van der Waals surface area contributed by atoms with Crippen LogP contribution in [-0.2, 0) is 11.3 Å². The Morgan fingerprint density at radius 2 is 2.07 bits per heavy atom. The average molecular weight is 381 g/mol. The minimum Gasteiger partial charge on any atom is -0.454 e. The molecule has 1 aliphatic rings. The molecule has 0 aliphatic carbocycles. The molecule has 1 aliphatic heterocycles. The Balaban J connectivity index is 1.47. The van der Waals surface area contributed by atoms with Gasteiger partial charge in [-0.25, -0.2) is 0 Å². The van der Waals surface area contributed by atoms with Gasteiger partial charge in [-0.3, -0.25) is 14.4 Å². The zero-order valence-electron chi connectivity index (χ0n) is 14.1. The van der Waals surface area contributed by atoms with E-state index < -0.39 is 5.91 Å². The molecule has 7 nitrogen and oxygen atoms in total. The number of benzene rings is 1. The lowest BCUT2D eigenvalue weighted by molar-refractivity contribution is -0.113. The predicted molar refractivity (Wildman–Crippen MR) is 102 cm³/mol. The molecule has 2 N–H and O–H groups in total. The first-order chi connectivity index (χ1) is 13.1. The summed E-state index contributed by atoms with van der Waals surface area (Å²) in [6.07, 6.45) is 1.66. The first kappa shape index (κ1) is 17.2. The van der Waals surface area contributed by atoms with Gasteiger partial charge < -0.3 is 19.6 Å². The van der Waals surface area contributed by atoms with E-state index in [0.29, 0.717) is 22.9 Å². The van der Waals surface area contributed by atoms with Crippen molar-refractivity contribution < 1.29 is 14.0 Å². The number of rotatable bonds is 4. The van der Waals surface area contributed by atoms with Crippen LogP contribution in [0.3, 0.4) is 0 Å². The Morgan fingerprint density at radius 3 is 2.93 bits per heavy atom. The second-order valence-electron chi connectivity index (χ2n) is 5.93. The number of nitrogens with zero attached hydrogens (tertiary/aromatic N) is 1. The molecule has 8 heteroatoms. The third-order valence-corrected chi connectivity index (χ3v) is 5.05. The number of thioether (sulfide) groups is 1. The molecule has 2 amide bonds. The Hall–Kier alpha value is -3.26. The van der Waals surface area contributed by atoms with Gasteiger partial charge >= 0.3 is 0 Å². The number of carbonyl (C=O) groups excluding carboxylic acids is 2. The number of carbonyl (C=O) groups is 2. The lowest BCUT2D eigenvalue weighted by Gasteiger charge is -2.17. The zero-order chi connectivity index (χ0) is 18.8. The summed E-state index contributed by atoms with van der Waals surface area (Å²) in [5, 5.41) is 5.53. The molecule has 0 fully saturated rings. The van der Waals surface area contributed by atoms with Crippen molar-refractivity contribution in [3.05, 3.63) is 76.6 Å². The fourth-order valence-electron chi connectivity index (χ4n) is 2.70. The number of hydrogen-bond acceptors (Lipinski definition) is 5. The molecule has 0 saturated carbocycles. The Labute approximate surface area is 158 Å². The van der Waals surface area contributed by atoms with Gasteiger partial charge in [-0.05, 0) is 36.4 Å². The molecule has 0 atom stereocenters. The molecule has 0 saturated heterocycles. The van der Waals surface area contributed by atoms with Gasteiger partial charge in [-0.1, -0.05) is 6.07 Å². The zero-order valence-corrected chi connectivity index (χ0v) is 14.9. The largest absolute Gasteiger partial charge is 0.454 e. The van der Waals surface area contributed by atoms with Gasteiger partial charge in [0.15, 0.2) is 5.76 Å². The van der Waals surface area contributed by atoms with Crippen LogP contribution < -0.4 is 16.2 Å². The molecule has 27 heavy (non-hydrogen) atoms. The van der Waals surface area contributed by atoms with Crippen molar-refractivity contribution in [2.24, 2.45) is 0 Å². The van der Waals surface area contributed by atoms with E-state index in [9.17, 15) is 14.4 Å². The first-order valence-corrected chi connectivity index (χ1v) is 9.19. The maximum absolute atomic E-state index is 12.4. The van der Waals surface area contributed by atoms with Crippen molar-refractivity contribution in [2.45, 2.75) is 11.4 Å². The number of furan rings is 1. The lowest BCUT2D eigenvalue weighted by atomic mass is 10.2. The van der Waals surface area contributed by atoms with Gasteiger partial charge in [0.1, 0.15) is 5.76 Å². The van der Waals surface area contributed by atoms with Crippen LogP contribution >= 0.6 is 11.8 Å². The van der Waals surface area contributed by atoms with Crippen LogP contribution in [0.4, 0.5) is 11.4 Å². The summed E-state index contributed by atoms with van der Waals surface area (Å²) in [5.74, 6) is 0.560.